The van der Waals surface area contributed by atoms with Gasteiger partial charge in [-0.1, -0.05) is 23.4 Å². The van der Waals surface area contributed by atoms with Gasteiger partial charge in [0.15, 0.2) is 5.17 Å². The average molecular weight is 449 g/mol. The summed E-state index contributed by atoms with van der Waals surface area (Å²) in [6.07, 6.45) is -0.156. The molecule has 0 aromatic heterocycles. The standard InChI is InChI=1S/C19H17ClN4O5S/c1-23-18(26)16(30-19(23)21-12-5-3-11(20)4-6-12)10-17(25)22-14-8-7-13(29-2)9-15(14)24(27)28/h3-9,16H,10H2,1-2H3,(H,22,25)/t16-/m1/s1. The van der Waals surface area contributed by atoms with Gasteiger partial charge in [-0.25, -0.2) is 4.99 Å². The Morgan fingerprint density at radius 2 is 2.03 bits per heavy atom. The number of hydrogen-bond donors (Lipinski definition) is 1. The van der Waals surface area contributed by atoms with Crippen molar-refractivity contribution in [2.45, 2.75) is 11.7 Å². The molecular formula is C19H17ClN4O5S. The monoisotopic (exact) mass is 448 g/mol. The Morgan fingerprint density at radius 1 is 1.33 bits per heavy atom. The number of thioether (sulfide) groups is 1. The Kier molecular flexibility index (Phi) is 6.58. The number of rotatable bonds is 6. The van der Waals surface area contributed by atoms with Crippen LogP contribution in [-0.4, -0.2) is 46.2 Å². The van der Waals surface area contributed by atoms with Crippen molar-refractivity contribution in [3.05, 3.63) is 57.6 Å². The van der Waals surface area contributed by atoms with Crippen LogP contribution in [0, 0.1) is 10.1 Å². The Labute approximate surface area is 181 Å². The molecule has 0 unspecified atom stereocenters. The fraction of sp³-hybridized carbons (Fsp3) is 0.211. The van der Waals surface area contributed by atoms with Gasteiger partial charge >= 0.3 is 0 Å². The molecule has 3 rings (SSSR count). The number of benzene rings is 2. The van der Waals surface area contributed by atoms with E-state index < -0.39 is 16.1 Å². The van der Waals surface area contributed by atoms with Crippen molar-refractivity contribution in [1.82, 2.24) is 4.90 Å². The van der Waals surface area contributed by atoms with Crippen LogP contribution in [0.5, 0.6) is 5.75 Å². The Balaban J connectivity index is 1.71. The molecule has 30 heavy (non-hydrogen) atoms. The fourth-order valence-corrected chi connectivity index (χ4v) is 3.97. The molecule has 2 amide bonds. The Morgan fingerprint density at radius 3 is 2.67 bits per heavy atom. The first-order valence-corrected chi connectivity index (χ1v) is 9.95. The van der Waals surface area contributed by atoms with E-state index in [1.165, 1.54) is 30.2 Å². The number of aliphatic imine (C=N–C) groups is 1. The zero-order valence-electron chi connectivity index (χ0n) is 16.0. The van der Waals surface area contributed by atoms with E-state index in [0.29, 0.717) is 21.6 Å². The maximum absolute atomic E-state index is 12.5. The number of nitro benzene ring substituents is 1. The van der Waals surface area contributed by atoms with Gasteiger partial charge in [0, 0.05) is 18.5 Å². The maximum atomic E-state index is 12.5. The molecule has 1 heterocycles. The second-order valence-corrected chi connectivity index (χ2v) is 7.87. The van der Waals surface area contributed by atoms with Crippen LogP contribution < -0.4 is 10.1 Å². The van der Waals surface area contributed by atoms with Crippen LogP contribution in [0.15, 0.2) is 47.5 Å². The Hall–Kier alpha value is -3.11. The first-order chi connectivity index (χ1) is 14.3. The van der Waals surface area contributed by atoms with Gasteiger partial charge in [-0.3, -0.25) is 24.6 Å². The van der Waals surface area contributed by atoms with E-state index in [4.69, 9.17) is 16.3 Å². The van der Waals surface area contributed by atoms with E-state index in [1.54, 1.807) is 31.3 Å². The molecule has 1 fully saturated rings. The lowest BCUT2D eigenvalue weighted by Crippen LogP contribution is -2.30. The number of nitrogens with zero attached hydrogens (tertiary/aromatic N) is 3. The molecule has 1 atom stereocenters. The van der Waals surface area contributed by atoms with Crippen molar-refractivity contribution in [1.29, 1.82) is 0 Å². The lowest BCUT2D eigenvalue weighted by molar-refractivity contribution is -0.384. The highest BCUT2D eigenvalue weighted by atomic mass is 35.5. The van der Waals surface area contributed by atoms with Crippen LogP contribution >= 0.6 is 23.4 Å². The topological polar surface area (TPSA) is 114 Å². The molecule has 0 radical (unpaired) electrons. The minimum atomic E-state index is -0.682. The smallest absolute Gasteiger partial charge is 0.296 e. The van der Waals surface area contributed by atoms with E-state index >= 15 is 0 Å². The number of methoxy groups -OCH3 is 1. The normalized spacial score (nSPS) is 17.3. The van der Waals surface area contributed by atoms with Gasteiger partial charge in [0.25, 0.3) is 5.69 Å². The summed E-state index contributed by atoms with van der Waals surface area (Å²) in [6.45, 7) is 0. The summed E-state index contributed by atoms with van der Waals surface area (Å²) in [6, 6.07) is 10.9. The number of amidine groups is 1. The summed E-state index contributed by atoms with van der Waals surface area (Å²) in [7, 11) is 2.97. The van der Waals surface area contributed by atoms with Crippen molar-refractivity contribution in [3.8, 4) is 5.75 Å². The van der Waals surface area contributed by atoms with Crippen molar-refractivity contribution < 1.29 is 19.2 Å². The molecule has 1 aliphatic rings. The van der Waals surface area contributed by atoms with Gasteiger partial charge in [-0.15, -0.1) is 0 Å². The van der Waals surface area contributed by atoms with Crippen LogP contribution in [0.1, 0.15) is 6.42 Å². The van der Waals surface area contributed by atoms with Gasteiger partial charge in [-0.2, -0.15) is 0 Å². The number of carbonyl (C=O) groups excluding carboxylic acids is 2. The molecule has 1 saturated heterocycles. The number of anilines is 1. The highest BCUT2D eigenvalue weighted by Gasteiger charge is 2.37. The molecule has 1 N–H and O–H groups in total. The summed E-state index contributed by atoms with van der Waals surface area (Å²) in [5.41, 5.74) is 0.361. The van der Waals surface area contributed by atoms with E-state index in [9.17, 15) is 19.7 Å². The van der Waals surface area contributed by atoms with Crippen molar-refractivity contribution in [2.75, 3.05) is 19.5 Å². The molecule has 2 aromatic carbocycles. The molecule has 0 saturated carbocycles. The highest BCUT2D eigenvalue weighted by Crippen LogP contribution is 2.32. The molecular weight excluding hydrogens is 432 g/mol. The minimum absolute atomic E-state index is 0.0321. The van der Waals surface area contributed by atoms with E-state index in [1.807, 2.05) is 0 Å². The number of amides is 2. The zero-order valence-corrected chi connectivity index (χ0v) is 17.6. The first kappa shape index (κ1) is 21.6. The SMILES string of the molecule is COc1ccc(NC(=O)C[C@H]2SC(=Nc3ccc(Cl)cc3)N(C)C2=O)c([N+](=O)[O-])c1. The third kappa shape index (κ3) is 4.89. The summed E-state index contributed by atoms with van der Waals surface area (Å²) in [5, 5.41) is 14.1. The average Bonchev–Trinajstić information content (AvgIpc) is 2.97. The number of ether oxygens (including phenoxy) is 1. The molecule has 9 nitrogen and oxygen atoms in total. The summed E-state index contributed by atoms with van der Waals surface area (Å²) in [4.78, 5) is 41.4. The van der Waals surface area contributed by atoms with Gasteiger partial charge in [-0.05, 0) is 36.4 Å². The van der Waals surface area contributed by atoms with Crippen molar-refractivity contribution >= 4 is 57.4 Å². The molecule has 1 aliphatic heterocycles. The third-order valence-corrected chi connectivity index (χ3v) is 5.72. The number of nitrogens with one attached hydrogen (secondary N) is 1. The lowest BCUT2D eigenvalue weighted by Gasteiger charge is -2.10. The zero-order chi connectivity index (χ0) is 21.8. The van der Waals surface area contributed by atoms with E-state index in [0.717, 1.165) is 11.8 Å². The second-order valence-electron chi connectivity index (χ2n) is 6.27. The summed E-state index contributed by atoms with van der Waals surface area (Å²) < 4.78 is 4.97. The molecule has 0 spiro atoms. The van der Waals surface area contributed by atoms with Crippen molar-refractivity contribution in [3.63, 3.8) is 0 Å². The molecule has 2 aromatic rings. The van der Waals surface area contributed by atoms with Crippen LogP contribution in [0.25, 0.3) is 0 Å². The number of hydrogen-bond acceptors (Lipinski definition) is 7. The minimum Gasteiger partial charge on any atom is -0.496 e. The van der Waals surface area contributed by atoms with Crippen LogP contribution in [0.3, 0.4) is 0 Å². The van der Waals surface area contributed by atoms with E-state index in [-0.39, 0.29) is 23.7 Å². The lowest BCUT2D eigenvalue weighted by atomic mass is 10.2. The quantitative estimate of drug-likeness (QED) is 0.530. The highest BCUT2D eigenvalue weighted by molar-refractivity contribution is 8.15. The van der Waals surface area contributed by atoms with Crippen LogP contribution in [0.4, 0.5) is 17.1 Å². The number of halogens is 1. The predicted molar refractivity (Wildman–Crippen MR) is 116 cm³/mol. The number of nitro groups is 1. The number of carbonyl (C=O) groups is 2. The fourth-order valence-electron chi connectivity index (χ4n) is 2.69. The summed E-state index contributed by atoms with van der Waals surface area (Å²) >= 11 is 7.02. The van der Waals surface area contributed by atoms with Gasteiger partial charge in [0.1, 0.15) is 16.7 Å². The van der Waals surface area contributed by atoms with Gasteiger partial charge in [0.2, 0.25) is 11.8 Å². The van der Waals surface area contributed by atoms with Crippen LogP contribution in [0.2, 0.25) is 5.02 Å². The molecule has 0 bridgehead atoms. The van der Waals surface area contributed by atoms with Gasteiger partial charge in [0.05, 0.1) is 23.8 Å². The van der Waals surface area contributed by atoms with Crippen molar-refractivity contribution in [2.24, 2.45) is 4.99 Å². The maximum Gasteiger partial charge on any atom is 0.296 e. The van der Waals surface area contributed by atoms with E-state index in [2.05, 4.69) is 10.3 Å². The second kappa shape index (κ2) is 9.14. The molecule has 11 heteroatoms. The van der Waals surface area contributed by atoms with Crippen LogP contribution in [-0.2, 0) is 9.59 Å². The van der Waals surface area contributed by atoms with Gasteiger partial charge < -0.3 is 10.1 Å². The third-order valence-electron chi connectivity index (χ3n) is 4.24. The molecule has 156 valence electrons. The first-order valence-electron chi connectivity index (χ1n) is 8.69. The Bertz CT molecular complexity index is 1030. The molecule has 0 aliphatic carbocycles. The summed E-state index contributed by atoms with van der Waals surface area (Å²) in [5.74, 6) is -0.492. The largest absolute Gasteiger partial charge is 0.496 e. The predicted octanol–water partition coefficient (Wildman–Crippen LogP) is 3.85.